The van der Waals surface area contributed by atoms with Crippen LogP contribution in [0.4, 0.5) is 9.18 Å². The minimum atomic E-state index is -1.20. The van der Waals surface area contributed by atoms with E-state index in [0.29, 0.717) is 12.0 Å². The van der Waals surface area contributed by atoms with E-state index >= 15 is 0 Å². The van der Waals surface area contributed by atoms with Crippen LogP contribution in [-0.2, 0) is 10.3 Å². The number of nitrogens with zero attached hydrogens (tertiary/aromatic N) is 1. The summed E-state index contributed by atoms with van der Waals surface area (Å²) >= 11 is 0. The number of benzene rings is 2. The monoisotopic (exact) mass is 340 g/mol. The molecule has 0 bridgehead atoms. The molecule has 1 unspecified atom stereocenters. The first-order valence-electron chi connectivity index (χ1n) is 7.97. The van der Waals surface area contributed by atoms with E-state index in [1.807, 2.05) is 6.07 Å². The number of halogens is 1. The van der Waals surface area contributed by atoms with Crippen molar-refractivity contribution < 1.29 is 18.8 Å². The number of carbonyl (C=O) groups is 3. The molecule has 6 heteroatoms. The fourth-order valence-corrected chi connectivity index (χ4v) is 3.05. The van der Waals surface area contributed by atoms with Crippen LogP contribution in [0.3, 0.4) is 0 Å². The van der Waals surface area contributed by atoms with E-state index in [4.69, 9.17) is 0 Å². The van der Waals surface area contributed by atoms with E-state index in [1.165, 1.54) is 24.3 Å². The molecule has 5 nitrogen and oxygen atoms in total. The first-order chi connectivity index (χ1) is 12.0. The second-order valence-electron chi connectivity index (χ2n) is 5.85. The minimum Gasteiger partial charge on any atom is -0.319 e. The quantitative estimate of drug-likeness (QED) is 0.672. The standard InChI is InChI=1S/C19H17FN2O3/c1-2-19(13-8-4-3-5-9-13)17(24)22(18(25)21-19)12-16(23)14-10-6-7-11-15(14)20/h3-11H,2,12H2,1H3,(H,21,25). The Bertz CT molecular complexity index is 838. The molecule has 1 heterocycles. The number of hydrogen-bond acceptors (Lipinski definition) is 3. The Hall–Kier alpha value is -3.02. The van der Waals surface area contributed by atoms with Gasteiger partial charge in [0.2, 0.25) is 0 Å². The third-order valence-corrected chi connectivity index (χ3v) is 4.45. The molecule has 1 atom stereocenters. The van der Waals surface area contributed by atoms with E-state index < -0.39 is 35.6 Å². The summed E-state index contributed by atoms with van der Waals surface area (Å²) in [4.78, 5) is 38.4. The van der Waals surface area contributed by atoms with Gasteiger partial charge in [-0.05, 0) is 24.1 Å². The molecule has 0 aromatic heterocycles. The second kappa shape index (κ2) is 6.47. The zero-order chi connectivity index (χ0) is 18.0. The summed E-state index contributed by atoms with van der Waals surface area (Å²) in [5.74, 6) is -1.80. The van der Waals surface area contributed by atoms with Crippen molar-refractivity contribution >= 4 is 17.7 Å². The predicted octanol–water partition coefficient (Wildman–Crippen LogP) is 2.87. The second-order valence-corrected chi connectivity index (χ2v) is 5.85. The third-order valence-electron chi connectivity index (χ3n) is 4.45. The van der Waals surface area contributed by atoms with Crippen LogP contribution in [0.15, 0.2) is 54.6 Å². The molecular formula is C19H17FN2O3. The fourth-order valence-electron chi connectivity index (χ4n) is 3.05. The summed E-state index contributed by atoms with van der Waals surface area (Å²) in [6.07, 6.45) is 0.339. The summed E-state index contributed by atoms with van der Waals surface area (Å²) in [5.41, 5.74) is -0.693. The molecule has 1 N–H and O–H groups in total. The van der Waals surface area contributed by atoms with Crippen molar-refractivity contribution in [1.29, 1.82) is 0 Å². The van der Waals surface area contributed by atoms with Crippen LogP contribution in [0.2, 0.25) is 0 Å². The lowest BCUT2D eigenvalue weighted by molar-refractivity contribution is -0.131. The Morgan fingerprint density at radius 2 is 1.72 bits per heavy atom. The number of ketones is 1. The van der Waals surface area contributed by atoms with E-state index in [1.54, 1.807) is 31.2 Å². The summed E-state index contributed by atoms with van der Waals surface area (Å²) in [7, 11) is 0. The lowest BCUT2D eigenvalue weighted by Crippen LogP contribution is -2.43. The number of rotatable bonds is 5. The van der Waals surface area contributed by atoms with Gasteiger partial charge in [0.25, 0.3) is 5.91 Å². The third kappa shape index (κ3) is 2.80. The Morgan fingerprint density at radius 1 is 1.08 bits per heavy atom. The van der Waals surface area contributed by atoms with E-state index in [9.17, 15) is 18.8 Å². The zero-order valence-electron chi connectivity index (χ0n) is 13.7. The maximum atomic E-state index is 13.8. The van der Waals surface area contributed by atoms with Gasteiger partial charge in [-0.3, -0.25) is 14.5 Å². The number of nitrogens with one attached hydrogen (secondary N) is 1. The summed E-state index contributed by atoms with van der Waals surface area (Å²) in [6.45, 7) is 1.29. The van der Waals surface area contributed by atoms with Crippen molar-refractivity contribution in [2.24, 2.45) is 0 Å². The Balaban J connectivity index is 1.89. The average molecular weight is 340 g/mol. The molecule has 1 aliphatic heterocycles. The number of imide groups is 1. The molecule has 3 rings (SSSR count). The molecule has 1 aliphatic rings. The number of hydrogen-bond donors (Lipinski definition) is 1. The molecule has 0 saturated carbocycles. The summed E-state index contributed by atoms with van der Waals surface area (Å²) in [6, 6.07) is 13.7. The van der Waals surface area contributed by atoms with Crippen LogP contribution in [-0.4, -0.2) is 29.2 Å². The van der Waals surface area contributed by atoms with Gasteiger partial charge in [0.15, 0.2) is 5.78 Å². The number of Topliss-reactive ketones (excluding diaryl/α,β-unsaturated/α-hetero) is 1. The average Bonchev–Trinajstić information content (AvgIpc) is 2.88. The molecule has 1 fully saturated rings. The molecule has 2 aromatic carbocycles. The molecule has 0 spiro atoms. The van der Waals surface area contributed by atoms with Crippen molar-refractivity contribution in [2.75, 3.05) is 6.54 Å². The van der Waals surface area contributed by atoms with Gasteiger partial charge in [0.05, 0.1) is 12.1 Å². The van der Waals surface area contributed by atoms with Gasteiger partial charge < -0.3 is 5.32 Å². The summed E-state index contributed by atoms with van der Waals surface area (Å²) < 4.78 is 13.8. The van der Waals surface area contributed by atoms with Crippen molar-refractivity contribution in [3.8, 4) is 0 Å². The molecular weight excluding hydrogens is 323 g/mol. The highest BCUT2D eigenvalue weighted by molar-refractivity contribution is 6.11. The van der Waals surface area contributed by atoms with Crippen LogP contribution in [0, 0.1) is 5.82 Å². The molecule has 1 saturated heterocycles. The highest BCUT2D eigenvalue weighted by Gasteiger charge is 2.51. The van der Waals surface area contributed by atoms with Crippen molar-refractivity contribution in [2.45, 2.75) is 18.9 Å². The Labute approximate surface area is 144 Å². The molecule has 2 aromatic rings. The van der Waals surface area contributed by atoms with Crippen LogP contribution in [0.5, 0.6) is 0 Å². The number of carbonyl (C=O) groups excluding carboxylic acids is 3. The normalized spacial score (nSPS) is 19.8. The fraction of sp³-hybridized carbons (Fsp3) is 0.211. The highest BCUT2D eigenvalue weighted by Crippen LogP contribution is 2.32. The van der Waals surface area contributed by atoms with E-state index in [-0.39, 0.29) is 5.56 Å². The first kappa shape index (κ1) is 16.8. The van der Waals surface area contributed by atoms with Gasteiger partial charge in [-0.25, -0.2) is 9.18 Å². The van der Waals surface area contributed by atoms with Crippen molar-refractivity contribution in [1.82, 2.24) is 10.2 Å². The lowest BCUT2D eigenvalue weighted by Gasteiger charge is -2.25. The SMILES string of the molecule is CCC1(c2ccccc2)NC(=O)N(CC(=O)c2ccccc2F)C1=O. The predicted molar refractivity (Wildman–Crippen MR) is 89.4 cm³/mol. The first-order valence-corrected chi connectivity index (χ1v) is 7.97. The summed E-state index contributed by atoms with van der Waals surface area (Å²) in [5, 5.41) is 2.70. The van der Waals surface area contributed by atoms with E-state index in [0.717, 1.165) is 4.90 Å². The number of urea groups is 1. The van der Waals surface area contributed by atoms with Gasteiger partial charge in [0, 0.05) is 0 Å². The number of amides is 3. The van der Waals surface area contributed by atoms with Crippen LogP contribution < -0.4 is 5.32 Å². The maximum Gasteiger partial charge on any atom is 0.325 e. The van der Waals surface area contributed by atoms with Crippen molar-refractivity contribution in [3.63, 3.8) is 0 Å². The minimum absolute atomic E-state index is 0.142. The zero-order valence-corrected chi connectivity index (χ0v) is 13.7. The van der Waals surface area contributed by atoms with Gasteiger partial charge in [-0.2, -0.15) is 0 Å². The van der Waals surface area contributed by atoms with E-state index in [2.05, 4.69) is 5.32 Å². The molecule has 128 valence electrons. The largest absolute Gasteiger partial charge is 0.325 e. The van der Waals surface area contributed by atoms with Gasteiger partial charge >= 0.3 is 6.03 Å². The van der Waals surface area contributed by atoms with Crippen molar-refractivity contribution in [3.05, 3.63) is 71.5 Å². The highest BCUT2D eigenvalue weighted by atomic mass is 19.1. The van der Waals surface area contributed by atoms with Crippen LogP contribution in [0.1, 0.15) is 29.3 Å². The molecule has 3 amide bonds. The lowest BCUT2D eigenvalue weighted by atomic mass is 9.87. The molecule has 0 radical (unpaired) electrons. The van der Waals surface area contributed by atoms with Gasteiger partial charge in [-0.15, -0.1) is 0 Å². The van der Waals surface area contributed by atoms with Gasteiger partial charge in [-0.1, -0.05) is 49.4 Å². The Morgan fingerprint density at radius 3 is 2.36 bits per heavy atom. The molecule has 25 heavy (non-hydrogen) atoms. The Kier molecular flexibility index (Phi) is 4.35. The topological polar surface area (TPSA) is 66.5 Å². The van der Waals surface area contributed by atoms with Crippen LogP contribution >= 0.6 is 0 Å². The maximum absolute atomic E-state index is 13.8. The molecule has 0 aliphatic carbocycles. The van der Waals surface area contributed by atoms with Crippen LogP contribution in [0.25, 0.3) is 0 Å². The van der Waals surface area contributed by atoms with Gasteiger partial charge in [0.1, 0.15) is 11.4 Å². The smallest absolute Gasteiger partial charge is 0.319 e.